The first-order chi connectivity index (χ1) is 9.99. The minimum atomic E-state index is -0.534. The average molecular weight is 297 g/mol. The van der Waals surface area contributed by atoms with Crippen LogP contribution in [-0.4, -0.2) is 49.8 Å². The molecule has 0 saturated carbocycles. The number of nitro benzene ring substituents is 1. The second-order valence-corrected chi connectivity index (χ2v) is 4.44. The van der Waals surface area contributed by atoms with Crippen molar-refractivity contribution in [2.24, 2.45) is 0 Å². The molecule has 8 nitrogen and oxygen atoms in total. The largest absolute Gasteiger partial charge is 0.392 e. The highest BCUT2D eigenvalue weighted by atomic mass is 16.6. The molecule has 8 heteroatoms. The summed E-state index contributed by atoms with van der Waals surface area (Å²) >= 11 is 0. The van der Waals surface area contributed by atoms with E-state index in [1.54, 1.807) is 13.1 Å². The summed E-state index contributed by atoms with van der Waals surface area (Å²) in [6.45, 7) is 0.501. The van der Waals surface area contributed by atoms with E-state index < -0.39 is 4.92 Å². The van der Waals surface area contributed by atoms with E-state index in [-0.39, 0.29) is 24.7 Å². The van der Waals surface area contributed by atoms with Gasteiger partial charge in [0.1, 0.15) is 5.69 Å². The highest BCUT2D eigenvalue weighted by molar-refractivity contribution is 5.82. The summed E-state index contributed by atoms with van der Waals surface area (Å²) in [5.41, 5.74) is 0.622. The summed E-state index contributed by atoms with van der Waals surface area (Å²) in [6.07, 6.45) is 0. The molecule has 0 spiro atoms. The van der Waals surface area contributed by atoms with E-state index in [4.69, 9.17) is 9.84 Å². The molecule has 1 rings (SSSR count). The Kier molecular flexibility index (Phi) is 6.57. The summed E-state index contributed by atoms with van der Waals surface area (Å²) in [6, 6.07) is 4.41. The number of hydrogen-bond donors (Lipinski definition) is 2. The van der Waals surface area contributed by atoms with Gasteiger partial charge in [-0.3, -0.25) is 14.9 Å². The summed E-state index contributed by atoms with van der Waals surface area (Å²) < 4.78 is 4.82. The Morgan fingerprint density at radius 1 is 1.52 bits per heavy atom. The zero-order valence-corrected chi connectivity index (χ0v) is 12.0. The van der Waals surface area contributed by atoms with E-state index in [0.717, 1.165) is 0 Å². The lowest BCUT2D eigenvalue weighted by Crippen LogP contribution is -2.36. The number of ether oxygens (including phenoxy) is 1. The van der Waals surface area contributed by atoms with Crippen molar-refractivity contribution in [1.82, 2.24) is 5.32 Å². The van der Waals surface area contributed by atoms with Gasteiger partial charge >= 0.3 is 0 Å². The van der Waals surface area contributed by atoms with Crippen molar-refractivity contribution in [2.45, 2.75) is 6.61 Å². The molecule has 0 aromatic heterocycles. The topological polar surface area (TPSA) is 105 Å². The molecule has 1 aromatic carbocycles. The van der Waals surface area contributed by atoms with Crippen LogP contribution in [0.15, 0.2) is 18.2 Å². The number of amides is 1. The Morgan fingerprint density at radius 3 is 2.81 bits per heavy atom. The van der Waals surface area contributed by atoms with Gasteiger partial charge in [-0.05, 0) is 11.6 Å². The van der Waals surface area contributed by atoms with Crippen LogP contribution in [-0.2, 0) is 16.1 Å². The van der Waals surface area contributed by atoms with Crippen LogP contribution in [0.5, 0.6) is 0 Å². The van der Waals surface area contributed by atoms with E-state index in [1.807, 2.05) is 0 Å². The Balaban J connectivity index is 2.79. The van der Waals surface area contributed by atoms with Gasteiger partial charge in [0, 0.05) is 26.8 Å². The van der Waals surface area contributed by atoms with Crippen molar-refractivity contribution < 1.29 is 19.6 Å². The van der Waals surface area contributed by atoms with E-state index >= 15 is 0 Å². The number of nitrogens with one attached hydrogen (secondary N) is 1. The van der Waals surface area contributed by atoms with Crippen molar-refractivity contribution in [1.29, 1.82) is 0 Å². The number of rotatable bonds is 8. The molecule has 2 N–H and O–H groups in total. The summed E-state index contributed by atoms with van der Waals surface area (Å²) in [5.74, 6) is -0.255. The van der Waals surface area contributed by atoms with Gasteiger partial charge in [-0.2, -0.15) is 0 Å². The van der Waals surface area contributed by atoms with Gasteiger partial charge < -0.3 is 20.1 Å². The van der Waals surface area contributed by atoms with Crippen molar-refractivity contribution in [2.75, 3.05) is 38.8 Å². The van der Waals surface area contributed by atoms with E-state index in [9.17, 15) is 14.9 Å². The number of methoxy groups -OCH3 is 1. The number of nitro groups is 1. The molecule has 0 atom stereocenters. The van der Waals surface area contributed by atoms with Crippen LogP contribution in [0.1, 0.15) is 5.56 Å². The Bertz CT molecular complexity index is 507. The average Bonchev–Trinajstić information content (AvgIpc) is 2.46. The molecule has 0 radical (unpaired) electrons. The lowest BCUT2D eigenvalue weighted by Gasteiger charge is -2.19. The Labute approximate surface area is 122 Å². The molecule has 1 aromatic rings. The molecule has 1 amide bonds. The summed E-state index contributed by atoms with van der Waals surface area (Å²) in [7, 11) is 3.13. The normalized spacial score (nSPS) is 10.2. The van der Waals surface area contributed by atoms with Gasteiger partial charge in [-0.25, -0.2) is 0 Å². The number of carbonyl (C=O) groups excluding carboxylic acids is 1. The summed E-state index contributed by atoms with van der Waals surface area (Å²) in [5, 5.41) is 22.7. The maximum Gasteiger partial charge on any atom is 0.292 e. The number of aliphatic hydroxyl groups excluding tert-OH is 1. The molecular weight excluding hydrogens is 278 g/mol. The smallest absolute Gasteiger partial charge is 0.292 e. The minimum absolute atomic E-state index is 0.0109. The number of aliphatic hydroxyl groups is 1. The number of carbonyl (C=O) groups is 1. The lowest BCUT2D eigenvalue weighted by atomic mass is 10.1. The van der Waals surface area contributed by atoms with Gasteiger partial charge in [0.25, 0.3) is 5.69 Å². The third kappa shape index (κ3) is 5.01. The number of likely N-dealkylation sites (N-methyl/N-ethyl adjacent to an activating group) is 1. The standard InChI is InChI=1S/C13H19N3O5/c1-15(8-13(18)14-5-6-21-2)11-4-3-10(9-17)7-12(11)16(19)20/h3-4,7,17H,5-6,8-9H2,1-2H3,(H,14,18). The molecule has 21 heavy (non-hydrogen) atoms. The fourth-order valence-corrected chi connectivity index (χ4v) is 1.79. The maximum absolute atomic E-state index is 11.7. The van der Waals surface area contributed by atoms with Crippen molar-refractivity contribution in [3.63, 3.8) is 0 Å². The van der Waals surface area contributed by atoms with E-state index in [1.165, 1.54) is 24.1 Å². The van der Waals surface area contributed by atoms with Crippen LogP contribution in [0, 0.1) is 10.1 Å². The Hall–Kier alpha value is -2.19. The zero-order chi connectivity index (χ0) is 15.8. The molecule has 116 valence electrons. The quantitative estimate of drug-likeness (QED) is 0.406. The minimum Gasteiger partial charge on any atom is -0.392 e. The van der Waals surface area contributed by atoms with Crippen molar-refractivity contribution in [3.8, 4) is 0 Å². The second-order valence-electron chi connectivity index (χ2n) is 4.44. The van der Waals surface area contributed by atoms with Gasteiger partial charge in [-0.15, -0.1) is 0 Å². The van der Waals surface area contributed by atoms with Gasteiger partial charge in [0.15, 0.2) is 0 Å². The van der Waals surface area contributed by atoms with Gasteiger partial charge in [0.2, 0.25) is 5.91 Å². The molecule has 0 bridgehead atoms. The van der Waals surface area contributed by atoms with Gasteiger partial charge in [0.05, 0.1) is 24.7 Å². The monoisotopic (exact) mass is 297 g/mol. The SMILES string of the molecule is COCCNC(=O)CN(C)c1ccc(CO)cc1[N+](=O)[O-]. The molecule has 0 saturated heterocycles. The van der Waals surface area contributed by atoms with Crippen LogP contribution in [0.2, 0.25) is 0 Å². The van der Waals surface area contributed by atoms with Gasteiger partial charge in [-0.1, -0.05) is 6.07 Å². The lowest BCUT2D eigenvalue weighted by molar-refractivity contribution is -0.384. The van der Waals surface area contributed by atoms with Crippen LogP contribution in [0.4, 0.5) is 11.4 Å². The van der Waals surface area contributed by atoms with Crippen molar-refractivity contribution in [3.05, 3.63) is 33.9 Å². The molecule has 0 aliphatic heterocycles. The predicted octanol–water partition coefficient (Wildman–Crippen LogP) is 0.286. The van der Waals surface area contributed by atoms with Crippen LogP contribution in [0.25, 0.3) is 0 Å². The first kappa shape index (κ1) is 16.9. The maximum atomic E-state index is 11.7. The third-order valence-corrected chi connectivity index (χ3v) is 2.84. The Morgan fingerprint density at radius 2 is 2.24 bits per heavy atom. The molecule has 0 heterocycles. The molecule has 0 fully saturated rings. The van der Waals surface area contributed by atoms with E-state index in [0.29, 0.717) is 24.4 Å². The fourth-order valence-electron chi connectivity index (χ4n) is 1.79. The fraction of sp³-hybridized carbons (Fsp3) is 0.462. The highest BCUT2D eigenvalue weighted by Gasteiger charge is 2.19. The zero-order valence-electron chi connectivity index (χ0n) is 12.0. The van der Waals surface area contributed by atoms with Crippen LogP contribution in [0.3, 0.4) is 0 Å². The number of benzene rings is 1. The van der Waals surface area contributed by atoms with Crippen LogP contribution < -0.4 is 10.2 Å². The predicted molar refractivity (Wildman–Crippen MR) is 77.2 cm³/mol. The molecule has 0 unspecified atom stereocenters. The molecule has 0 aliphatic carbocycles. The first-order valence-electron chi connectivity index (χ1n) is 6.34. The molecule has 0 aliphatic rings. The third-order valence-electron chi connectivity index (χ3n) is 2.84. The van der Waals surface area contributed by atoms with Crippen molar-refractivity contribution >= 4 is 17.3 Å². The van der Waals surface area contributed by atoms with Crippen LogP contribution >= 0.6 is 0 Å². The number of anilines is 1. The number of hydrogen-bond acceptors (Lipinski definition) is 6. The second kappa shape index (κ2) is 8.18. The highest BCUT2D eigenvalue weighted by Crippen LogP contribution is 2.28. The van der Waals surface area contributed by atoms with E-state index in [2.05, 4.69) is 5.32 Å². The first-order valence-corrected chi connectivity index (χ1v) is 6.34. The number of nitrogens with zero attached hydrogens (tertiary/aromatic N) is 2. The molecular formula is C13H19N3O5. The summed E-state index contributed by atoms with van der Waals surface area (Å²) in [4.78, 5) is 23.7.